The molecule has 5 nitrogen and oxygen atoms in total. The number of hydrogen-bond acceptors (Lipinski definition) is 5. The summed E-state index contributed by atoms with van der Waals surface area (Å²) in [4.78, 5) is 19.3. The first-order valence-electron chi connectivity index (χ1n) is 10.2. The summed E-state index contributed by atoms with van der Waals surface area (Å²) in [5.41, 5.74) is 6.12. The van der Waals surface area contributed by atoms with E-state index in [0.717, 1.165) is 43.2 Å². The van der Waals surface area contributed by atoms with Crippen molar-refractivity contribution in [2.45, 2.75) is 33.2 Å². The number of thiazole rings is 1. The quantitative estimate of drug-likeness (QED) is 0.634. The first kappa shape index (κ1) is 20.6. The second-order valence-electron chi connectivity index (χ2n) is 7.78. The van der Waals surface area contributed by atoms with Crippen molar-refractivity contribution in [3.05, 3.63) is 69.7 Å². The average molecular weight is 423 g/mol. The molecule has 2 aromatic carbocycles. The molecule has 3 aromatic rings. The van der Waals surface area contributed by atoms with Crippen LogP contribution in [0.1, 0.15) is 27.3 Å². The molecule has 4 rings (SSSR count). The number of rotatable bonds is 6. The molecule has 0 unspecified atom stereocenters. The van der Waals surface area contributed by atoms with Crippen molar-refractivity contribution in [1.82, 2.24) is 9.88 Å². The number of nitrogens with zero attached hydrogens (tertiary/aromatic N) is 2. The predicted octanol–water partition coefficient (Wildman–Crippen LogP) is 4.49. The lowest BCUT2D eigenvalue weighted by atomic mass is 10.0. The van der Waals surface area contributed by atoms with Crippen LogP contribution in [0.3, 0.4) is 0 Å². The average Bonchev–Trinajstić information content (AvgIpc) is 2.97. The van der Waals surface area contributed by atoms with Gasteiger partial charge in [-0.15, -0.1) is 11.3 Å². The van der Waals surface area contributed by atoms with Gasteiger partial charge in [0.2, 0.25) is 0 Å². The zero-order chi connectivity index (χ0) is 21.1. The highest BCUT2D eigenvalue weighted by molar-refractivity contribution is 7.15. The van der Waals surface area contributed by atoms with E-state index in [9.17, 15) is 4.79 Å². The molecule has 0 amide bonds. The maximum Gasteiger partial charge on any atom is 0.341 e. The predicted molar refractivity (Wildman–Crippen MR) is 119 cm³/mol. The van der Waals surface area contributed by atoms with Gasteiger partial charge in [0.1, 0.15) is 10.8 Å². The number of carboxylic acid groups (broad SMARTS) is 1. The van der Waals surface area contributed by atoms with Gasteiger partial charge < -0.3 is 9.84 Å². The number of carbonyl (C=O) groups is 1. The van der Waals surface area contributed by atoms with Crippen molar-refractivity contribution >= 4 is 17.3 Å². The molecule has 1 N–H and O–H groups in total. The summed E-state index contributed by atoms with van der Waals surface area (Å²) in [7, 11) is 0. The van der Waals surface area contributed by atoms with Crippen LogP contribution in [0.2, 0.25) is 0 Å². The van der Waals surface area contributed by atoms with Gasteiger partial charge in [0, 0.05) is 30.1 Å². The van der Waals surface area contributed by atoms with Crippen molar-refractivity contribution in [3.63, 3.8) is 0 Å². The van der Waals surface area contributed by atoms with E-state index in [1.807, 2.05) is 12.1 Å². The highest BCUT2D eigenvalue weighted by Crippen LogP contribution is 2.30. The fourth-order valence-electron chi connectivity index (χ4n) is 3.74. The molecule has 2 heterocycles. The van der Waals surface area contributed by atoms with Crippen molar-refractivity contribution in [1.29, 1.82) is 0 Å². The van der Waals surface area contributed by atoms with E-state index in [-0.39, 0.29) is 6.61 Å². The van der Waals surface area contributed by atoms with Crippen molar-refractivity contribution in [2.75, 3.05) is 19.7 Å². The van der Waals surface area contributed by atoms with Crippen LogP contribution in [0.15, 0.2) is 42.5 Å². The topological polar surface area (TPSA) is 62.7 Å². The molecular formula is C24H26N2O3S. The Morgan fingerprint density at radius 1 is 1.10 bits per heavy atom. The Morgan fingerprint density at radius 3 is 2.57 bits per heavy atom. The Bertz CT molecular complexity index is 1040. The molecule has 1 aliphatic rings. The summed E-state index contributed by atoms with van der Waals surface area (Å²) in [6.45, 7) is 6.76. The number of carboxylic acids is 1. The van der Waals surface area contributed by atoms with E-state index in [0.29, 0.717) is 5.75 Å². The summed E-state index contributed by atoms with van der Waals surface area (Å²) in [5.74, 6) is -0.327. The molecule has 0 fully saturated rings. The molecule has 0 saturated carbocycles. The summed E-state index contributed by atoms with van der Waals surface area (Å²) >= 11 is 1.79. The number of aromatic nitrogens is 1. The van der Waals surface area contributed by atoms with E-state index in [1.54, 1.807) is 11.3 Å². The molecule has 0 aliphatic carbocycles. The van der Waals surface area contributed by atoms with Gasteiger partial charge in [-0.1, -0.05) is 35.9 Å². The van der Waals surface area contributed by atoms with Crippen LogP contribution in [-0.4, -0.2) is 40.7 Å². The molecule has 0 atom stereocenters. The number of hydrogen-bond donors (Lipinski definition) is 1. The third kappa shape index (κ3) is 4.89. The van der Waals surface area contributed by atoms with Crippen LogP contribution in [0, 0.1) is 13.8 Å². The number of benzene rings is 2. The monoisotopic (exact) mass is 422 g/mol. The van der Waals surface area contributed by atoms with Gasteiger partial charge >= 0.3 is 5.97 Å². The number of aryl methyl sites for hydroxylation is 2. The highest BCUT2D eigenvalue weighted by atomic mass is 32.1. The van der Waals surface area contributed by atoms with Gasteiger partial charge in [-0.2, -0.15) is 0 Å². The zero-order valence-electron chi connectivity index (χ0n) is 17.4. The molecule has 0 saturated heterocycles. The number of fused-ring (bicyclic) bond motifs is 1. The fraction of sp³-hybridized carbons (Fsp3) is 0.333. The van der Waals surface area contributed by atoms with Crippen molar-refractivity contribution in [2.24, 2.45) is 0 Å². The molecule has 0 radical (unpaired) electrons. The second kappa shape index (κ2) is 8.98. The summed E-state index contributed by atoms with van der Waals surface area (Å²) in [6, 6.07) is 14.5. The maximum atomic E-state index is 10.7. The molecule has 6 heteroatoms. The van der Waals surface area contributed by atoms with Gasteiger partial charge in [0.15, 0.2) is 6.61 Å². The van der Waals surface area contributed by atoms with E-state index in [4.69, 9.17) is 14.8 Å². The van der Waals surface area contributed by atoms with Crippen LogP contribution >= 0.6 is 11.3 Å². The van der Waals surface area contributed by atoms with E-state index in [1.165, 1.54) is 27.1 Å². The minimum atomic E-state index is -0.957. The van der Waals surface area contributed by atoms with Gasteiger partial charge in [-0.25, -0.2) is 9.78 Å². The summed E-state index contributed by atoms with van der Waals surface area (Å²) < 4.78 is 5.34. The summed E-state index contributed by atoms with van der Waals surface area (Å²) in [5, 5.41) is 9.89. The lowest BCUT2D eigenvalue weighted by Crippen LogP contribution is -2.25. The highest BCUT2D eigenvalue weighted by Gasteiger charge is 2.18. The Balaban J connectivity index is 1.43. The molecule has 0 spiro atoms. The SMILES string of the molecule is Cc1ccc(-c2nc(C)c(CN3CCc4ccc(OCC(=O)O)cc4CC3)s2)cc1. The fourth-order valence-corrected chi connectivity index (χ4v) is 4.85. The van der Waals surface area contributed by atoms with Crippen LogP contribution in [0.25, 0.3) is 10.6 Å². The molecule has 1 aromatic heterocycles. The van der Waals surface area contributed by atoms with Crippen molar-refractivity contribution in [3.8, 4) is 16.3 Å². The normalized spacial score (nSPS) is 14.2. The lowest BCUT2D eigenvalue weighted by molar-refractivity contribution is -0.139. The van der Waals surface area contributed by atoms with Gasteiger partial charge in [0.25, 0.3) is 0 Å². The summed E-state index contributed by atoms with van der Waals surface area (Å²) in [6.07, 6.45) is 1.92. The molecule has 156 valence electrons. The van der Waals surface area contributed by atoms with Crippen LogP contribution in [0.5, 0.6) is 5.75 Å². The molecular weight excluding hydrogens is 396 g/mol. The van der Waals surface area contributed by atoms with E-state index < -0.39 is 5.97 Å². The Morgan fingerprint density at radius 2 is 1.83 bits per heavy atom. The maximum absolute atomic E-state index is 10.7. The van der Waals surface area contributed by atoms with Crippen LogP contribution in [0.4, 0.5) is 0 Å². The Kier molecular flexibility index (Phi) is 6.16. The van der Waals surface area contributed by atoms with Gasteiger partial charge in [0.05, 0.1) is 5.69 Å². The molecule has 30 heavy (non-hydrogen) atoms. The van der Waals surface area contributed by atoms with Gasteiger partial charge in [-0.3, -0.25) is 4.90 Å². The second-order valence-corrected chi connectivity index (χ2v) is 8.87. The third-order valence-electron chi connectivity index (χ3n) is 5.49. The first-order valence-corrected chi connectivity index (χ1v) is 11.0. The van der Waals surface area contributed by atoms with Gasteiger partial charge in [-0.05, 0) is 49.9 Å². The van der Waals surface area contributed by atoms with E-state index in [2.05, 4.69) is 49.1 Å². The standard InChI is InChI=1S/C24H26N2O3S/c1-16-3-5-19(6-4-16)24-25-17(2)22(30-24)14-26-11-9-18-7-8-21(29-15-23(27)28)13-20(18)10-12-26/h3-8,13H,9-12,14-15H2,1-2H3,(H,27,28). The Hall–Kier alpha value is -2.70. The minimum Gasteiger partial charge on any atom is -0.482 e. The zero-order valence-corrected chi connectivity index (χ0v) is 18.2. The third-order valence-corrected chi connectivity index (χ3v) is 6.68. The smallest absolute Gasteiger partial charge is 0.341 e. The van der Waals surface area contributed by atoms with Crippen LogP contribution in [-0.2, 0) is 24.2 Å². The number of ether oxygens (including phenoxy) is 1. The van der Waals surface area contributed by atoms with E-state index >= 15 is 0 Å². The molecule has 1 aliphatic heterocycles. The van der Waals surface area contributed by atoms with Crippen LogP contribution < -0.4 is 4.74 Å². The molecule has 0 bridgehead atoms. The number of aliphatic carboxylic acids is 1. The minimum absolute atomic E-state index is 0.307. The lowest BCUT2D eigenvalue weighted by Gasteiger charge is -2.18. The Labute approximate surface area is 181 Å². The largest absolute Gasteiger partial charge is 0.482 e. The first-order chi connectivity index (χ1) is 14.5. The van der Waals surface area contributed by atoms with Crippen molar-refractivity contribution < 1.29 is 14.6 Å².